The summed E-state index contributed by atoms with van der Waals surface area (Å²) >= 11 is 0. The third kappa shape index (κ3) is 4.27. The van der Waals surface area contributed by atoms with Gasteiger partial charge in [0.25, 0.3) is 0 Å². The molecule has 0 aliphatic heterocycles. The SMILES string of the molecule is NCCCC(=O)N(Cc1ccc(-c2ccccc2C(F)(F)F)o1)C1CC1. The number of halogens is 3. The Bertz CT molecular complexity index is 766. The molecule has 1 heterocycles. The summed E-state index contributed by atoms with van der Waals surface area (Å²) < 4.78 is 45.2. The first kappa shape index (κ1) is 18.5. The Balaban J connectivity index is 1.79. The van der Waals surface area contributed by atoms with E-state index in [1.807, 2.05) is 0 Å². The van der Waals surface area contributed by atoms with Crippen molar-refractivity contribution in [1.29, 1.82) is 0 Å². The number of carbonyl (C=O) groups is 1. The summed E-state index contributed by atoms with van der Waals surface area (Å²) in [5.41, 5.74) is 4.72. The van der Waals surface area contributed by atoms with Crippen LogP contribution in [-0.4, -0.2) is 23.4 Å². The van der Waals surface area contributed by atoms with Gasteiger partial charge < -0.3 is 15.1 Å². The van der Waals surface area contributed by atoms with Gasteiger partial charge in [0.2, 0.25) is 5.91 Å². The third-order valence-electron chi connectivity index (χ3n) is 4.39. The second-order valence-corrected chi connectivity index (χ2v) is 6.45. The summed E-state index contributed by atoms with van der Waals surface area (Å²) in [6.45, 7) is 0.714. The van der Waals surface area contributed by atoms with Crippen molar-refractivity contribution in [2.45, 2.75) is 44.4 Å². The first-order valence-electron chi connectivity index (χ1n) is 8.65. The first-order valence-corrected chi connectivity index (χ1v) is 8.65. The molecule has 140 valence electrons. The molecule has 26 heavy (non-hydrogen) atoms. The minimum absolute atomic E-state index is 0.00122. The number of hydrogen-bond donors (Lipinski definition) is 1. The van der Waals surface area contributed by atoms with E-state index < -0.39 is 11.7 Å². The van der Waals surface area contributed by atoms with E-state index >= 15 is 0 Å². The molecule has 0 unspecified atom stereocenters. The van der Waals surface area contributed by atoms with Gasteiger partial charge in [0.1, 0.15) is 11.5 Å². The van der Waals surface area contributed by atoms with Crippen molar-refractivity contribution >= 4 is 5.91 Å². The lowest BCUT2D eigenvalue weighted by atomic mass is 10.1. The Morgan fingerprint density at radius 1 is 1.19 bits per heavy atom. The number of furan rings is 1. The van der Waals surface area contributed by atoms with Gasteiger partial charge in [-0.25, -0.2) is 0 Å². The van der Waals surface area contributed by atoms with Crippen molar-refractivity contribution in [2.75, 3.05) is 6.54 Å². The molecule has 3 rings (SSSR count). The summed E-state index contributed by atoms with van der Waals surface area (Å²) in [6.07, 6.45) is -1.58. The lowest BCUT2D eigenvalue weighted by molar-refractivity contribution is -0.137. The molecule has 2 N–H and O–H groups in total. The molecule has 4 nitrogen and oxygen atoms in total. The van der Waals surface area contributed by atoms with Crippen LogP contribution < -0.4 is 5.73 Å². The number of benzene rings is 1. The van der Waals surface area contributed by atoms with Crippen LogP contribution in [0, 0.1) is 0 Å². The first-order chi connectivity index (χ1) is 12.4. The largest absolute Gasteiger partial charge is 0.459 e. The maximum Gasteiger partial charge on any atom is 0.417 e. The van der Waals surface area contributed by atoms with Crippen molar-refractivity contribution in [3.05, 3.63) is 47.7 Å². The van der Waals surface area contributed by atoms with Crippen LogP contribution in [0.1, 0.15) is 37.0 Å². The van der Waals surface area contributed by atoms with E-state index in [2.05, 4.69) is 0 Å². The summed E-state index contributed by atoms with van der Waals surface area (Å²) in [7, 11) is 0. The van der Waals surface area contributed by atoms with E-state index in [-0.39, 0.29) is 29.8 Å². The molecule has 7 heteroatoms. The van der Waals surface area contributed by atoms with Crippen molar-refractivity contribution in [3.8, 4) is 11.3 Å². The molecule has 0 bridgehead atoms. The Labute approximate surface area is 149 Å². The van der Waals surface area contributed by atoms with Gasteiger partial charge in [-0.15, -0.1) is 0 Å². The van der Waals surface area contributed by atoms with Gasteiger partial charge in [0.05, 0.1) is 12.1 Å². The average Bonchev–Trinajstić information content (AvgIpc) is 3.34. The molecule has 2 aromatic rings. The van der Waals surface area contributed by atoms with Gasteiger partial charge >= 0.3 is 6.18 Å². The van der Waals surface area contributed by atoms with Crippen molar-refractivity contribution in [1.82, 2.24) is 4.90 Å². The van der Waals surface area contributed by atoms with Crippen molar-refractivity contribution in [2.24, 2.45) is 5.73 Å². The van der Waals surface area contributed by atoms with Gasteiger partial charge in [-0.1, -0.05) is 18.2 Å². The Morgan fingerprint density at radius 2 is 1.92 bits per heavy atom. The van der Waals surface area contributed by atoms with E-state index in [4.69, 9.17) is 10.2 Å². The van der Waals surface area contributed by atoms with Gasteiger partial charge in [-0.3, -0.25) is 4.79 Å². The van der Waals surface area contributed by atoms with Gasteiger partial charge in [0.15, 0.2) is 0 Å². The van der Waals surface area contributed by atoms with Crippen LogP contribution in [0.2, 0.25) is 0 Å². The van der Waals surface area contributed by atoms with Crippen LogP contribution in [0.3, 0.4) is 0 Å². The molecular weight excluding hydrogens is 345 g/mol. The molecule has 0 radical (unpaired) electrons. The number of nitrogens with two attached hydrogens (primary N) is 1. The number of amides is 1. The van der Waals surface area contributed by atoms with Crippen LogP contribution in [-0.2, 0) is 17.5 Å². The van der Waals surface area contributed by atoms with Crippen LogP contribution >= 0.6 is 0 Å². The van der Waals surface area contributed by atoms with Gasteiger partial charge in [0, 0.05) is 18.0 Å². The fraction of sp³-hybridized carbons (Fsp3) is 0.421. The second kappa shape index (κ2) is 7.53. The molecule has 1 aliphatic carbocycles. The fourth-order valence-electron chi connectivity index (χ4n) is 2.92. The maximum atomic E-state index is 13.2. The highest BCUT2D eigenvalue weighted by Crippen LogP contribution is 2.38. The molecule has 1 aromatic heterocycles. The van der Waals surface area contributed by atoms with Crippen LogP contribution in [0.25, 0.3) is 11.3 Å². The van der Waals surface area contributed by atoms with Gasteiger partial charge in [-0.05, 0) is 44.0 Å². The molecule has 0 spiro atoms. The van der Waals surface area contributed by atoms with E-state index in [1.54, 1.807) is 17.0 Å². The quantitative estimate of drug-likeness (QED) is 0.799. The minimum atomic E-state index is -4.46. The van der Waals surface area contributed by atoms with Crippen molar-refractivity contribution in [3.63, 3.8) is 0 Å². The summed E-state index contributed by atoms with van der Waals surface area (Å²) in [5.74, 6) is 0.634. The second-order valence-electron chi connectivity index (χ2n) is 6.45. The zero-order chi connectivity index (χ0) is 18.7. The molecule has 1 aliphatic rings. The van der Waals surface area contributed by atoms with E-state index in [0.29, 0.717) is 25.1 Å². The summed E-state index contributed by atoms with van der Waals surface area (Å²) in [4.78, 5) is 14.1. The van der Waals surface area contributed by atoms with E-state index in [1.165, 1.54) is 18.2 Å². The number of nitrogens with zero attached hydrogens (tertiary/aromatic N) is 1. The smallest absolute Gasteiger partial charge is 0.417 e. The normalized spacial score (nSPS) is 14.5. The molecule has 1 aromatic carbocycles. The minimum Gasteiger partial charge on any atom is -0.459 e. The molecule has 0 saturated heterocycles. The Kier molecular flexibility index (Phi) is 5.36. The lowest BCUT2D eigenvalue weighted by Crippen LogP contribution is -2.32. The molecule has 1 fully saturated rings. The monoisotopic (exact) mass is 366 g/mol. The highest BCUT2D eigenvalue weighted by atomic mass is 19.4. The number of carbonyl (C=O) groups excluding carboxylic acids is 1. The fourth-order valence-corrected chi connectivity index (χ4v) is 2.92. The summed E-state index contributed by atoms with van der Waals surface area (Å²) in [5, 5.41) is 0. The number of rotatable bonds is 7. The average molecular weight is 366 g/mol. The van der Waals surface area contributed by atoms with Crippen LogP contribution in [0.5, 0.6) is 0 Å². The van der Waals surface area contributed by atoms with Crippen molar-refractivity contribution < 1.29 is 22.4 Å². The predicted molar refractivity (Wildman–Crippen MR) is 91.0 cm³/mol. The molecular formula is C19H21F3N2O2. The third-order valence-corrected chi connectivity index (χ3v) is 4.39. The molecule has 0 atom stereocenters. The molecule has 1 amide bonds. The lowest BCUT2D eigenvalue weighted by Gasteiger charge is -2.21. The zero-order valence-electron chi connectivity index (χ0n) is 14.3. The predicted octanol–water partition coefficient (Wildman–Crippen LogP) is 4.20. The molecule has 1 saturated carbocycles. The van der Waals surface area contributed by atoms with E-state index in [9.17, 15) is 18.0 Å². The highest BCUT2D eigenvalue weighted by molar-refractivity contribution is 5.76. The van der Waals surface area contributed by atoms with Gasteiger partial charge in [-0.2, -0.15) is 13.2 Å². The zero-order valence-corrected chi connectivity index (χ0v) is 14.3. The van der Waals surface area contributed by atoms with E-state index in [0.717, 1.165) is 18.9 Å². The summed E-state index contributed by atoms with van der Waals surface area (Å²) in [6, 6.07) is 8.65. The Morgan fingerprint density at radius 3 is 2.58 bits per heavy atom. The maximum absolute atomic E-state index is 13.2. The Hall–Kier alpha value is -2.28. The highest BCUT2D eigenvalue weighted by Gasteiger charge is 2.35. The topological polar surface area (TPSA) is 59.5 Å². The number of alkyl halides is 3. The van der Waals surface area contributed by atoms with Crippen LogP contribution in [0.15, 0.2) is 40.8 Å². The van der Waals surface area contributed by atoms with Crippen LogP contribution in [0.4, 0.5) is 13.2 Å². The number of hydrogen-bond acceptors (Lipinski definition) is 3. The standard InChI is InChI=1S/C19H21F3N2O2/c20-19(21,22)16-5-2-1-4-15(16)17-10-9-14(26-17)12-24(13-7-8-13)18(25)6-3-11-23/h1-2,4-5,9-10,13H,3,6-8,11-12,23H2.